The summed E-state index contributed by atoms with van der Waals surface area (Å²) in [6.45, 7) is 10.4. The van der Waals surface area contributed by atoms with Crippen molar-refractivity contribution in [3.63, 3.8) is 0 Å². The molecule has 0 bridgehead atoms. The number of nitrogens with zero attached hydrogens (tertiary/aromatic N) is 1. The van der Waals surface area contributed by atoms with Crippen LogP contribution in [0.1, 0.15) is 33.3 Å². The van der Waals surface area contributed by atoms with Gasteiger partial charge in [0.25, 0.3) is 0 Å². The van der Waals surface area contributed by atoms with Crippen LogP contribution in [0.2, 0.25) is 0 Å². The van der Waals surface area contributed by atoms with Crippen molar-refractivity contribution in [2.45, 2.75) is 44.3 Å². The zero-order valence-corrected chi connectivity index (χ0v) is 14.9. The molecule has 0 saturated carbocycles. The van der Waals surface area contributed by atoms with E-state index in [1.165, 1.54) is 5.56 Å². The quantitative estimate of drug-likeness (QED) is 0.830. The van der Waals surface area contributed by atoms with Crippen LogP contribution in [0.4, 0.5) is 0 Å². The van der Waals surface area contributed by atoms with Crippen LogP contribution in [0.15, 0.2) is 30.3 Å². The Labute approximate surface area is 138 Å². The fourth-order valence-corrected chi connectivity index (χ4v) is 3.93. The van der Waals surface area contributed by atoms with E-state index < -0.39 is 0 Å². The molecule has 1 aliphatic rings. The second-order valence-corrected chi connectivity index (χ2v) is 7.96. The monoisotopic (exact) mass is 321 g/mol. The molecule has 2 rings (SSSR count). The predicted molar refractivity (Wildman–Crippen MR) is 93.0 cm³/mol. The third kappa shape index (κ3) is 4.75. The maximum Gasteiger partial charge on any atom is 0.236 e. The Balaban J connectivity index is 1.99. The number of carbonyl (C=O) groups excluding carboxylic acids is 1. The van der Waals surface area contributed by atoms with Gasteiger partial charge >= 0.3 is 0 Å². The Morgan fingerprint density at radius 2 is 2.00 bits per heavy atom. The number of amides is 1. The van der Waals surface area contributed by atoms with Crippen molar-refractivity contribution >= 4 is 17.7 Å². The van der Waals surface area contributed by atoms with E-state index in [4.69, 9.17) is 4.74 Å². The normalized spacial score (nSPS) is 19.2. The SMILES string of the molecule is CC(C)C(SCc1ccccc1)C(=O)N1CCOC(C)(C)C1. The Bertz CT molecular complexity index is 487. The van der Waals surface area contributed by atoms with E-state index in [0.29, 0.717) is 25.6 Å². The summed E-state index contributed by atoms with van der Waals surface area (Å²) in [6, 6.07) is 10.4. The minimum atomic E-state index is -0.237. The summed E-state index contributed by atoms with van der Waals surface area (Å²) >= 11 is 1.75. The van der Waals surface area contributed by atoms with E-state index in [-0.39, 0.29) is 16.8 Å². The molecule has 122 valence electrons. The van der Waals surface area contributed by atoms with E-state index in [1.807, 2.05) is 36.9 Å². The van der Waals surface area contributed by atoms with Gasteiger partial charge in [-0.15, -0.1) is 11.8 Å². The lowest BCUT2D eigenvalue weighted by molar-refractivity contribution is -0.146. The molecule has 1 aromatic rings. The van der Waals surface area contributed by atoms with Gasteiger partial charge in [0.1, 0.15) is 0 Å². The van der Waals surface area contributed by atoms with Gasteiger partial charge in [-0.25, -0.2) is 0 Å². The minimum absolute atomic E-state index is 0.00843. The van der Waals surface area contributed by atoms with Gasteiger partial charge in [0.05, 0.1) is 17.5 Å². The topological polar surface area (TPSA) is 29.5 Å². The highest BCUT2D eigenvalue weighted by Crippen LogP contribution is 2.27. The number of rotatable bonds is 5. The van der Waals surface area contributed by atoms with Crippen molar-refractivity contribution < 1.29 is 9.53 Å². The van der Waals surface area contributed by atoms with E-state index >= 15 is 0 Å². The van der Waals surface area contributed by atoms with Gasteiger partial charge in [0, 0.05) is 18.8 Å². The lowest BCUT2D eigenvalue weighted by Crippen LogP contribution is -2.53. The molecule has 3 nitrogen and oxygen atoms in total. The molecule has 1 heterocycles. The summed E-state index contributed by atoms with van der Waals surface area (Å²) in [4.78, 5) is 14.9. The molecule has 1 aliphatic heterocycles. The predicted octanol–water partition coefficient (Wildman–Crippen LogP) is 3.58. The summed E-state index contributed by atoms with van der Waals surface area (Å²) in [5.74, 6) is 1.46. The van der Waals surface area contributed by atoms with Gasteiger partial charge < -0.3 is 9.64 Å². The first-order chi connectivity index (χ1) is 10.4. The van der Waals surface area contributed by atoms with Crippen molar-refractivity contribution in [3.05, 3.63) is 35.9 Å². The summed E-state index contributed by atoms with van der Waals surface area (Å²) in [5.41, 5.74) is 1.03. The molecule has 0 aromatic heterocycles. The number of hydrogen-bond donors (Lipinski definition) is 0. The van der Waals surface area contributed by atoms with Crippen LogP contribution >= 0.6 is 11.8 Å². The highest BCUT2D eigenvalue weighted by Gasteiger charge is 2.34. The van der Waals surface area contributed by atoms with E-state index in [2.05, 4.69) is 26.0 Å². The molecule has 1 unspecified atom stereocenters. The standard InChI is InChI=1S/C18H27NO2S/c1-14(2)16(22-12-15-8-6-5-7-9-15)17(20)19-10-11-21-18(3,4)13-19/h5-9,14,16H,10-13H2,1-4H3. The first kappa shape index (κ1) is 17.4. The fourth-order valence-electron chi connectivity index (χ4n) is 2.69. The van der Waals surface area contributed by atoms with Crippen LogP contribution in [-0.4, -0.2) is 41.4 Å². The maximum absolute atomic E-state index is 12.9. The van der Waals surface area contributed by atoms with Crippen LogP contribution in [0, 0.1) is 5.92 Å². The summed E-state index contributed by atoms with van der Waals surface area (Å²) in [6.07, 6.45) is 0. The molecule has 1 fully saturated rings. The third-order valence-corrected chi connectivity index (χ3v) is 5.46. The summed E-state index contributed by atoms with van der Waals surface area (Å²) in [7, 11) is 0. The molecule has 1 amide bonds. The van der Waals surface area contributed by atoms with Crippen molar-refractivity contribution in [1.29, 1.82) is 0 Å². The molecule has 0 N–H and O–H groups in total. The summed E-state index contributed by atoms with van der Waals surface area (Å²) < 4.78 is 5.71. The van der Waals surface area contributed by atoms with Gasteiger partial charge in [-0.05, 0) is 25.3 Å². The third-order valence-electron chi connectivity index (χ3n) is 3.86. The van der Waals surface area contributed by atoms with Crippen molar-refractivity contribution in [3.8, 4) is 0 Å². The largest absolute Gasteiger partial charge is 0.372 e. The van der Waals surface area contributed by atoms with Gasteiger partial charge in [0.2, 0.25) is 5.91 Å². The molecule has 1 atom stereocenters. The molecular formula is C18H27NO2S. The second-order valence-electron chi connectivity index (χ2n) is 6.83. The number of thioether (sulfide) groups is 1. The Morgan fingerprint density at radius 1 is 1.32 bits per heavy atom. The number of benzene rings is 1. The molecule has 4 heteroatoms. The first-order valence-corrected chi connectivity index (χ1v) is 9.02. The van der Waals surface area contributed by atoms with Crippen LogP contribution in [0.3, 0.4) is 0 Å². The second kappa shape index (κ2) is 7.51. The van der Waals surface area contributed by atoms with Crippen LogP contribution in [-0.2, 0) is 15.3 Å². The highest BCUT2D eigenvalue weighted by atomic mass is 32.2. The molecule has 0 spiro atoms. The van der Waals surface area contributed by atoms with Gasteiger partial charge in [0.15, 0.2) is 0 Å². The smallest absolute Gasteiger partial charge is 0.236 e. The average Bonchev–Trinajstić information content (AvgIpc) is 2.47. The molecule has 0 radical (unpaired) electrons. The van der Waals surface area contributed by atoms with E-state index in [0.717, 1.165) is 5.75 Å². The lowest BCUT2D eigenvalue weighted by atomic mass is 10.0. The van der Waals surface area contributed by atoms with E-state index in [1.54, 1.807) is 11.8 Å². The maximum atomic E-state index is 12.9. The van der Waals surface area contributed by atoms with Crippen molar-refractivity contribution in [1.82, 2.24) is 4.90 Å². The average molecular weight is 321 g/mol. The Hall–Kier alpha value is -1.00. The van der Waals surface area contributed by atoms with E-state index in [9.17, 15) is 4.79 Å². The van der Waals surface area contributed by atoms with Crippen LogP contribution < -0.4 is 0 Å². The number of hydrogen-bond acceptors (Lipinski definition) is 3. The molecule has 1 saturated heterocycles. The Morgan fingerprint density at radius 3 is 2.59 bits per heavy atom. The molecule has 1 aromatic carbocycles. The van der Waals surface area contributed by atoms with Crippen LogP contribution in [0.25, 0.3) is 0 Å². The molecule has 0 aliphatic carbocycles. The van der Waals surface area contributed by atoms with Gasteiger partial charge in [-0.2, -0.15) is 0 Å². The number of carbonyl (C=O) groups is 1. The zero-order valence-electron chi connectivity index (χ0n) is 14.0. The summed E-state index contributed by atoms with van der Waals surface area (Å²) in [5, 5.41) is 0.00843. The fraction of sp³-hybridized carbons (Fsp3) is 0.611. The first-order valence-electron chi connectivity index (χ1n) is 7.97. The molecular weight excluding hydrogens is 294 g/mol. The molecule has 22 heavy (non-hydrogen) atoms. The Kier molecular flexibility index (Phi) is 5.93. The van der Waals surface area contributed by atoms with Gasteiger partial charge in [-0.3, -0.25) is 4.79 Å². The number of ether oxygens (including phenoxy) is 1. The lowest BCUT2D eigenvalue weighted by Gasteiger charge is -2.40. The van der Waals surface area contributed by atoms with Crippen molar-refractivity contribution in [2.75, 3.05) is 19.7 Å². The highest BCUT2D eigenvalue weighted by molar-refractivity contribution is 7.99. The van der Waals surface area contributed by atoms with Crippen molar-refractivity contribution in [2.24, 2.45) is 5.92 Å². The number of morpholine rings is 1. The van der Waals surface area contributed by atoms with Gasteiger partial charge in [-0.1, -0.05) is 44.2 Å². The minimum Gasteiger partial charge on any atom is -0.372 e. The zero-order chi connectivity index (χ0) is 16.2. The van der Waals surface area contributed by atoms with Crippen LogP contribution in [0.5, 0.6) is 0 Å².